The zero-order valence-electron chi connectivity index (χ0n) is 9.56. The normalized spacial score (nSPS) is 12.1. The Morgan fingerprint density at radius 2 is 1.89 bits per heavy atom. The van der Waals surface area contributed by atoms with Crippen molar-refractivity contribution in [3.63, 3.8) is 0 Å². The van der Waals surface area contributed by atoms with E-state index in [-0.39, 0.29) is 0 Å². The fourth-order valence-corrected chi connectivity index (χ4v) is 1.03. The molecule has 0 saturated heterocycles. The number of hydrogen-bond acceptors (Lipinski definition) is 4. The summed E-state index contributed by atoms with van der Waals surface area (Å²) in [6.07, 6.45) is -1.07. The van der Waals surface area contributed by atoms with E-state index in [1.54, 1.807) is 18.2 Å². The molecule has 0 aliphatic rings. The van der Waals surface area contributed by atoms with Gasteiger partial charge in [0.15, 0.2) is 0 Å². The number of halogens is 3. The van der Waals surface area contributed by atoms with E-state index >= 15 is 0 Å². The van der Waals surface area contributed by atoms with Gasteiger partial charge in [0.1, 0.15) is 6.17 Å². The van der Waals surface area contributed by atoms with Gasteiger partial charge >= 0.3 is 14.2 Å². The largest absolute Gasteiger partial charge is 0.465 e. The van der Waals surface area contributed by atoms with Crippen LogP contribution in [0.25, 0.3) is 0 Å². The minimum absolute atomic E-state index is 0.379. The fraction of sp³-hybridized carbons (Fsp3) is 0.300. The van der Waals surface area contributed by atoms with Crippen molar-refractivity contribution >= 4 is 35.6 Å². The molecule has 1 aromatic rings. The van der Waals surface area contributed by atoms with E-state index in [0.29, 0.717) is 11.1 Å². The molecule has 1 rings (SSSR count). The van der Waals surface area contributed by atoms with E-state index in [2.05, 4.69) is 26.1 Å². The Morgan fingerprint density at radius 1 is 1.39 bits per heavy atom. The van der Waals surface area contributed by atoms with Gasteiger partial charge in [-0.2, -0.15) is 8.42 Å². The molecule has 0 spiro atoms. The molecular weight excluding hydrogens is 306 g/mol. The lowest BCUT2D eigenvalue weighted by Gasteiger charge is -2.03. The first kappa shape index (κ1) is 17.2. The van der Waals surface area contributed by atoms with Gasteiger partial charge in [-0.3, -0.25) is 0 Å². The highest BCUT2D eigenvalue weighted by Crippen LogP contribution is 2.17. The van der Waals surface area contributed by atoms with Gasteiger partial charge in [0, 0.05) is 21.4 Å². The number of carbonyl (C=O) groups is 1. The first-order valence-electron chi connectivity index (χ1n) is 4.61. The second-order valence-electron chi connectivity index (χ2n) is 3.11. The van der Waals surface area contributed by atoms with Crippen LogP contribution >= 0.6 is 21.4 Å². The summed E-state index contributed by atoms with van der Waals surface area (Å²) in [6, 6.07) is 6.36. The van der Waals surface area contributed by atoms with Crippen LogP contribution < -0.4 is 0 Å². The summed E-state index contributed by atoms with van der Waals surface area (Å²) in [5.74, 6) is -0.442. The number of esters is 1. The van der Waals surface area contributed by atoms with Crippen LogP contribution in [-0.2, 0) is 13.0 Å². The van der Waals surface area contributed by atoms with Gasteiger partial charge in [0.25, 0.3) is 0 Å². The van der Waals surface area contributed by atoms with Gasteiger partial charge in [-0.1, -0.05) is 12.1 Å². The minimum Gasteiger partial charge on any atom is -0.465 e. The summed E-state index contributed by atoms with van der Waals surface area (Å²) >= 11 is 0. The average molecular weight is 317 g/mol. The van der Waals surface area contributed by atoms with Crippen molar-refractivity contribution in [1.29, 1.82) is 0 Å². The van der Waals surface area contributed by atoms with E-state index in [4.69, 9.17) is 8.42 Å². The molecule has 0 bridgehead atoms. The molecule has 102 valence electrons. The third-order valence-electron chi connectivity index (χ3n) is 1.77. The van der Waals surface area contributed by atoms with Crippen molar-refractivity contribution in [1.82, 2.24) is 0 Å². The Bertz CT molecular complexity index is 494. The van der Waals surface area contributed by atoms with Crippen molar-refractivity contribution in [3.8, 4) is 0 Å². The molecule has 1 aromatic carbocycles. The molecule has 0 radical (unpaired) electrons. The van der Waals surface area contributed by atoms with E-state index in [9.17, 15) is 9.18 Å². The van der Waals surface area contributed by atoms with Crippen LogP contribution in [0, 0.1) is 0 Å². The maximum absolute atomic E-state index is 12.8. The Kier molecular flexibility index (Phi) is 7.20. The molecule has 0 N–H and O–H groups in total. The second-order valence-corrected chi connectivity index (χ2v) is 6.78. The molecular formula is C10H11Cl2FO4S. The zero-order chi connectivity index (χ0) is 14.3. The Morgan fingerprint density at radius 3 is 2.28 bits per heavy atom. The summed E-state index contributed by atoms with van der Waals surface area (Å²) < 4.78 is 35.7. The zero-order valence-corrected chi connectivity index (χ0v) is 11.9. The Balaban J connectivity index is 0.000000494. The predicted molar refractivity (Wildman–Crippen MR) is 67.9 cm³/mol. The number of alkyl halides is 1. The Labute approximate surface area is 114 Å². The van der Waals surface area contributed by atoms with E-state index in [1.807, 2.05) is 0 Å². The average Bonchev–Trinajstić information content (AvgIpc) is 2.26. The molecule has 1 unspecified atom stereocenters. The Hall–Kier alpha value is -0.850. The molecule has 4 nitrogen and oxygen atoms in total. The quantitative estimate of drug-likeness (QED) is 0.621. The summed E-state index contributed by atoms with van der Waals surface area (Å²) in [5, 5.41) is 0. The molecule has 0 saturated carbocycles. The first-order valence-corrected chi connectivity index (χ1v) is 7.75. The smallest absolute Gasteiger partial charge is 0.337 e. The minimum atomic E-state index is -3.72. The summed E-state index contributed by atoms with van der Waals surface area (Å²) in [5.41, 5.74) is 0.868. The third kappa shape index (κ3) is 8.27. The summed E-state index contributed by atoms with van der Waals surface area (Å²) in [7, 11) is 6.11. The number of benzene rings is 1. The van der Waals surface area contributed by atoms with Crippen LogP contribution in [0.15, 0.2) is 24.3 Å². The lowest BCUT2D eigenvalue weighted by atomic mass is 10.1. The summed E-state index contributed by atoms with van der Waals surface area (Å²) in [4.78, 5) is 11.0. The van der Waals surface area contributed by atoms with Gasteiger partial charge in [-0.05, 0) is 24.6 Å². The monoisotopic (exact) mass is 316 g/mol. The fourth-order valence-electron chi connectivity index (χ4n) is 1.03. The number of ether oxygens (including phenoxy) is 1. The van der Waals surface area contributed by atoms with Crippen LogP contribution in [0.5, 0.6) is 0 Å². The van der Waals surface area contributed by atoms with Crippen LogP contribution in [0.4, 0.5) is 4.39 Å². The first-order chi connectivity index (χ1) is 8.15. The highest BCUT2D eigenvalue weighted by molar-refractivity contribution is 8.31. The SMILES string of the molecule is COC(=O)c1cccc(C(C)F)c1.O=S(=O)(Cl)Cl. The molecule has 18 heavy (non-hydrogen) atoms. The maximum atomic E-state index is 12.8. The lowest BCUT2D eigenvalue weighted by Crippen LogP contribution is -2.01. The van der Waals surface area contributed by atoms with E-state index < -0.39 is 20.4 Å². The molecule has 0 aliphatic heterocycles. The van der Waals surface area contributed by atoms with Crippen LogP contribution in [0.3, 0.4) is 0 Å². The van der Waals surface area contributed by atoms with Crippen molar-refractivity contribution in [2.45, 2.75) is 13.1 Å². The molecule has 0 fully saturated rings. The molecule has 8 heteroatoms. The molecule has 0 aliphatic carbocycles. The van der Waals surface area contributed by atoms with Crippen molar-refractivity contribution in [3.05, 3.63) is 35.4 Å². The number of hydrogen-bond donors (Lipinski definition) is 0. The number of rotatable bonds is 2. The highest BCUT2D eigenvalue weighted by Gasteiger charge is 2.08. The maximum Gasteiger partial charge on any atom is 0.337 e. The van der Waals surface area contributed by atoms with Crippen molar-refractivity contribution in [2.75, 3.05) is 7.11 Å². The van der Waals surface area contributed by atoms with Crippen LogP contribution in [0.1, 0.15) is 29.0 Å². The van der Waals surface area contributed by atoms with Gasteiger partial charge in [0.05, 0.1) is 12.7 Å². The van der Waals surface area contributed by atoms with Crippen LogP contribution in [-0.4, -0.2) is 21.5 Å². The van der Waals surface area contributed by atoms with Gasteiger partial charge in [0.2, 0.25) is 0 Å². The highest BCUT2D eigenvalue weighted by atomic mass is 36.0. The molecule has 0 amide bonds. The second kappa shape index (κ2) is 7.56. The standard InChI is InChI=1S/C10H11FO2.Cl2O2S/c1-7(11)8-4-3-5-9(6-8)10(12)13-2;1-5(2,3)4/h3-7H,1-2H3;. The van der Waals surface area contributed by atoms with Crippen molar-refractivity contribution < 1.29 is 22.3 Å². The topological polar surface area (TPSA) is 60.4 Å². The van der Waals surface area contributed by atoms with Crippen LogP contribution in [0.2, 0.25) is 0 Å². The number of methoxy groups -OCH3 is 1. The third-order valence-corrected chi connectivity index (χ3v) is 1.77. The summed E-state index contributed by atoms with van der Waals surface area (Å²) in [6.45, 7) is 1.43. The molecule has 0 heterocycles. The lowest BCUT2D eigenvalue weighted by molar-refractivity contribution is 0.0600. The van der Waals surface area contributed by atoms with E-state index in [1.165, 1.54) is 20.1 Å². The van der Waals surface area contributed by atoms with E-state index in [0.717, 1.165) is 0 Å². The predicted octanol–water partition coefficient (Wildman–Crippen LogP) is 3.21. The molecule has 0 aromatic heterocycles. The van der Waals surface area contributed by atoms with Gasteiger partial charge < -0.3 is 4.74 Å². The van der Waals surface area contributed by atoms with Gasteiger partial charge in [-0.15, -0.1) is 0 Å². The van der Waals surface area contributed by atoms with Crippen molar-refractivity contribution in [2.24, 2.45) is 0 Å². The van der Waals surface area contributed by atoms with Gasteiger partial charge in [-0.25, -0.2) is 9.18 Å². The molecule has 1 atom stereocenters. The number of carbonyl (C=O) groups excluding carboxylic acids is 1.